The highest BCUT2D eigenvalue weighted by Crippen LogP contribution is 2.32. The van der Waals surface area contributed by atoms with Gasteiger partial charge in [0.15, 0.2) is 5.82 Å². The molecule has 0 saturated carbocycles. The summed E-state index contributed by atoms with van der Waals surface area (Å²) in [5.74, 6) is 0.544. The molecule has 7 nitrogen and oxygen atoms in total. The van der Waals surface area contributed by atoms with Gasteiger partial charge in [0.1, 0.15) is 5.82 Å². The third kappa shape index (κ3) is 5.11. The molecular formula is C19H24FN3O4. The highest BCUT2D eigenvalue weighted by Gasteiger charge is 2.34. The first-order chi connectivity index (χ1) is 13.1. The molecule has 27 heavy (non-hydrogen) atoms. The standard InChI is InChI=1S/C19H24FN3O4/c1-25-18(24)4-2-3-17-22-16(23-27-17)13-21-19(9-11-26-12-10-19)14-5-7-15(20)8-6-14/h5-8,21H,2-4,9-13H2,1H3. The average Bonchev–Trinajstić information content (AvgIpc) is 3.15. The second kappa shape index (κ2) is 9.05. The lowest BCUT2D eigenvalue weighted by atomic mass is 9.82. The summed E-state index contributed by atoms with van der Waals surface area (Å²) in [5.41, 5.74) is 0.714. The van der Waals surface area contributed by atoms with Crippen LogP contribution in [0.2, 0.25) is 0 Å². The van der Waals surface area contributed by atoms with Gasteiger partial charge in [-0.3, -0.25) is 10.1 Å². The van der Waals surface area contributed by atoms with Gasteiger partial charge in [-0.05, 0) is 37.0 Å². The van der Waals surface area contributed by atoms with Gasteiger partial charge in [-0.2, -0.15) is 4.98 Å². The first-order valence-corrected chi connectivity index (χ1v) is 9.08. The van der Waals surface area contributed by atoms with Gasteiger partial charge in [0.05, 0.1) is 13.7 Å². The van der Waals surface area contributed by atoms with Gasteiger partial charge in [0.25, 0.3) is 0 Å². The summed E-state index contributed by atoms with van der Waals surface area (Å²) in [6.07, 6.45) is 3.00. The predicted octanol–water partition coefficient (Wildman–Crippen LogP) is 2.50. The van der Waals surface area contributed by atoms with Crippen molar-refractivity contribution >= 4 is 5.97 Å². The summed E-state index contributed by atoms with van der Waals surface area (Å²) >= 11 is 0. The van der Waals surface area contributed by atoms with Crippen molar-refractivity contribution < 1.29 is 23.2 Å². The fourth-order valence-corrected chi connectivity index (χ4v) is 3.25. The zero-order valence-electron chi connectivity index (χ0n) is 15.4. The van der Waals surface area contributed by atoms with Crippen molar-refractivity contribution in [2.24, 2.45) is 0 Å². The number of benzene rings is 1. The van der Waals surface area contributed by atoms with E-state index in [1.165, 1.54) is 19.2 Å². The Morgan fingerprint density at radius 1 is 1.30 bits per heavy atom. The zero-order valence-corrected chi connectivity index (χ0v) is 15.4. The van der Waals surface area contributed by atoms with Crippen LogP contribution in [0.4, 0.5) is 4.39 Å². The summed E-state index contributed by atoms with van der Waals surface area (Å²) in [7, 11) is 1.37. The lowest BCUT2D eigenvalue weighted by molar-refractivity contribution is -0.140. The molecule has 1 aliphatic heterocycles. The number of hydrogen-bond acceptors (Lipinski definition) is 7. The normalized spacial score (nSPS) is 16.2. The Hall–Kier alpha value is -2.32. The molecule has 0 spiro atoms. The van der Waals surface area contributed by atoms with Crippen LogP contribution in [0.25, 0.3) is 0 Å². The van der Waals surface area contributed by atoms with Gasteiger partial charge in [-0.1, -0.05) is 17.3 Å². The van der Waals surface area contributed by atoms with Crippen LogP contribution in [0.15, 0.2) is 28.8 Å². The van der Waals surface area contributed by atoms with Crippen LogP contribution in [0.3, 0.4) is 0 Å². The second-order valence-electron chi connectivity index (χ2n) is 6.59. The van der Waals surface area contributed by atoms with Crippen LogP contribution in [-0.4, -0.2) is 36.4 Å². The largest absolute Gasteiger partial charge is 0.469 e. The van der Waals surface area contributed by atoms with Gasteiger partial charge in [-0.15, -0.1) is 0 Å². The number of methoxy groups -OCH3 is 1. The maximum absolute atomic E-state index is 13.3. The van der Waals surface area contributed by atoms with E-state index in [0.717, 1.165) is 18.4 Å². The minimum Gasteiger partial charge on any atom is -0.469 e. The molecule has 0 atom stereocenters. The number of rotatable bonds is 8. The molecule has 1 saturated heterocycles. The summed E-state index contributed by atoms with van der Waals surface area (Å²) in [5, 5.41) is 7.52. The number of nitrogens with zero attached hydrogens (tertiary/aromatic N) is 2. The van der Waals surface area contributed by atoms with E-state index >= 15 is 0 Å². The van der Waals surface area contributed by atoms with Crippen LogP contribution < -0.4 is 5.32 Å². The maximum Gasteiger partial charge on any atom is 0.305 e. The van der Waals surface area contributed by atoms with E-state index in [1.54, 1.807) is 0 Å². The Bertz CT molecular complexity index is 742. The topological polar surface area (TPSA) is 86.5 Å². The number of carbonyl (C=O) groups is 1. The van der Waals surface area contributed by atoms with Crippen molar-refractivity contribution in [2.45, 2.75) is 44.2 Å². The Morgan fingerprint density at radius 2 is 2.04 bits per heavy atom. The molecular weight excluding hydrogens is 353 g/mol. The van der Waals surface area contributed by atoms with E-state index in [9.17, 15) is 9.18 Å². The van der Waals surface area contributed by atoms with Crippen molar-refractivity contribution in [3.05, 3.63) is 47.4 Å². The zero-order chi connectivity index (χ0) is 19.1. The van der Waals surface area contributed by atoms with E-state index in [-0.39, 0.29) is 17.3 Å². The van der Waals surface area contributed by atoms with Crippen molar-refractivity contribution in [3.63, 3.8) is 0 Å². The lowest BCUT2D eigenvalue weighted by Gasteiger charge is -2.38. The highest BCUT2D eigenvalue weighted by atomic mass is 19.1. The molecule has 0 aliphatic carbocycles. The minimum atomic E-state index is -0.308. The summed E-state index contributed by atoms with van der Waals surface area (Å²) < 4.78 is 28.7. The number of esters is 1. The summed E-state index contributed by atoms with van der Waals surface area (Å²) in [6.45, 7) is 1.70. The smallest absolute Gasteiger partial charge is 0.305 e. The molecule has 1 aromatic heterocycles. The van der Waals surface area contributed by atoms with E-state index in [2.05, 4.69) is 20.2 Å². The average molecular weight is 377 g/mol. The lowest BCUT2D eigenvalue weighted by Crippen LogP contribution is -2.46. The Morgan fingerprint density at radius 3 is 2.74 bits per heavy atom. The number of aromatic nitrogens is 2. The number of nitrogens with one attached hydrogen (secondary N) is 1. The summed E-state index contributed by atoms with van der Waals surface area (Å²) in [6, 6.07) is 6.56. The van der Waals surface area contributed by atoms with Gasteiger partial charge in [-0.25, -0.2) is 4.39 Å². The molecule has 2 heterocycles. The molecule has 1 aromatic carbocycles. The Kier molecular flexibility index (Phi) is 6.52. The number of aryl methyl sites for hydroxylation is 1. The molecule has 1 aliphatic rings. The number of carbonyl (C=O) groups excluding carboxylic acids is 1. The molecule has 0 radical (unpaired) electrons. The van der Waals surface area contributed by atoms with Crippen LogP contribution in [0.5, 0.6) is 0 Å². The molecule has 1 N–H and O–H groups in total. The highest BCUT2D eigenvalue weighted by molar-refractivity contribution is 5.69. The SMILES string of the molecule is COC(=O)CCCc1nc(CNC2(c3ccc(F)cc3)CCOCC2)no1. The molecule has 2 aromatic rings. The van der Waals surface area contributed by atoms with Crippen molar-refractivity contribution in [3.8, 4) is 0 Å². The van der Waals surface area contributed by atoms with Gasteiger partial charge in [0, 0.05) is 31.6 Å². The van der Waals surface area contributed by atoms with Crippen LogP contribution in [0, 0.1) is 5.82 Å². The Balaban J connectivity index is 1.61. The molecule has 0 bridgehead atoms. The van der Waals surface area contributed by atoms with Crippen LogP contribution >= 0.6 is 0 Å². The van der Waals surface area contributed by atoms with Gasteiger partial charge < -0.3 is 14.0 Å². The monoisotopic (exact) mass is 377 g/mol. The van der Waals surface area contributed by atoms with Crippen LogP contribution in [-0.2, 0) is 32.8 Å². The van der Waals surface area contributed by atoms with E-state index in [1.807, 2.05) is 12.1 Å². The van der Waals surface area contributed by atoms with Crippen molar-refractivity contribution in [1.82, 2.24) is 15.5 Å². The minimum absolute atomic E-state index is 0.253. The van der Waals surface area contributed by atoms with E-state index < -0.39 is 0 Å². The molecule has 8 heteroatoms. The summed E-state index contributed by atoms with van der Waals surface area (Å²) in [4.78, 5) is 15.5. The first-order valence-electron chi connectivity index (χ1n) is 9.08. The molecule has 0 amide bonds. The quantitative estimate of drug-likeness (QED) is 0.707. The number of ether oxygens (including phenoxy) is 2. The maximum atomic E-state index is 13.3. The number of hydrogen-bond donors (Lipinski definition) is 1. The van der Waals surface area contributed by atoms with Crippen LogP contribution in [0.1, 0.15) is 43.0 Å². The number of halogens is 1. The van der Waals surface area contributed by atoms with Crippen molar-refractivity contribution in [2.75, 3.05) is 20.3 Å². The van der Waals surface area contributed by atoms with E-state index in [0.29, 0.717) is 50.7 Å². The molecule has 0 unspecified atom stereocenters. The van der Waals surface area contributed by atoms with Crippen molar-refractivity contribution in [1.29, 1.82) is 0 Å². The predicted molar refractivity (Wildman–Crippen MR) is 94.2 cm³/mol. The molecule has 1 fully saturated rings. The molecule has 3 rings (SSSR count). The fourth-order valence-electron chi connectivity index (χ4n) is 3.25. The Labute approximate surface area is 157 Å². The van der Waals surface area contributed by atoms with Gasteiger partial charge in [0.2, 0.25) is 5.89 Å². The first kappa shape index (κ1) is 19.4. The third-order valence-corrected chi connectivity index (χ3v) is 4.84. The molecule has 146 valence electrons. The van der Waals surface area contributed by atoms with Gasteiger partial charge >= 0.3 is 5.97 Å². The third-order valence-electron chi connectivity index (χ3n) is 4.84. The van der Waals surface area contributed by atoms with E-state index in [4.69, 9.17) is 9.26 Å². The fraction of sp³-hybridized carbons (Fsp3) is 0.526. The second-order valence-corrected chi connectivity index (χ2v) is 6.59.